The van der Waals surface area contributed by atoms with Gasteiger partial charge in [-0.1, -0.05) is 13.0 Å². The first-order valence-corrected chi connectivity index (χ1v) is 8.47. The number of nitrogens with zero attached hydrogens (tertiary/aromatic N) is 4. The van der Waals surface area contributed by atoms with E-state index in [1.165, 1.54) is 12.1 Å². The Bertz CT molecular complexity index is 744. The SMILES string of the molecule is CCN1CCN(Cc2ccc(N/N=C(\C#N)C(=N)N)cc2C(F)(F)F)CC1. The first-order valence-electron chi connectivity index (χ1n) is 8.47. The van der Waals surface area contributed by atoms with Crippen molar-refractivity contribution in [2.75, 3.05) is 38.1 Å². The molecule has 10 heteroatoms. The number of nitrogens with one attached hydrogen (secondary N) is 2. The molecule has 4 N–H and O–H groups in total. The summed E-state index contributed by atoms with van der Waals surface area (Å²) in [6.45, 7) is 6.34. The predicted molar refractivity (Wildman–Crippen MR) is 97.4 cm³/mol. The highest BCUT2D eigenvalue weighted by atomic mass is 19.4. The lowest BCUT2D eigenvalue weighted by atomic mass is 10.0. The normalized spacial score (nSPS) is 16.8. The van der Waals surface area contributed by atoms with Gasteiger partial charge in [0.25, 0.3) is 0 Å². The van der Waals surface area contributed by atoms with Crippen LogP contribution in [0.5, 0.6) is 0 Å². The van der Waals surface area contributed by atoms with E-state index in [-0.39, 0.29) is 17.8 Å². The highest BCUT2D eigenvalue weighted by Crippen LogP contribution is 2.34. The quantitative estimate of drug-likeness (QED) is 0.398. The molecule has 146 valence electrons. The minimum absolute atomic E-state index is 0.0656. The van der Waals surface area contributed by atoms with Crippen LogP contribution in [0.4, 0.5) is 18.9 Å². The molecule has 27 heavy (non-hydrogen) atoms. The summed E-state index contributed by atoms with van der Waals surface area (Å²) in [7, 11) is 0. The van der Waals surface area contributed by atoms with Crippen molar-refractivity contribution in [1.29, 1.82) is 10.7 Å². The van der Waals surface area contributed by atoms with Crippen molar-refractivity contribution < 1.29 is 13.2 Å². The fraction of sp³-hybridized carbons (Fsp3) is 0.471. The summed E-state index contributed by atoms with van der Waals surface area (Å²) in [4.78, 5) is 4.26. The van der Waals surface area contributed by atoms with Gasteiger partial charge in [0.1, 0.15) is 6.07 Å². The average Bonchev–Trinajstić information content (AvgIpc) is 2.62. The second-order valence-corrected chi connectivity index (χ2v) is 6.18. The minimum Gasteiger partial charge on any atom is -0.382 e. The number of anilines is 1. The number of likely N-dealkylation sites (N-methyl/N-ethyl adjacent to an activating group) is 1. The number of amidine groups is 1. The zero-order chi connectivity index (χ0) is 20.0. The number of hydrogen-bond donors (Lipinski definition) is 3. The van der Waals surface area contributed by atoms with E-state index >= 15 is 0 Å². The second kappa shape index (κ2) is 8.83. The van der Waals surface area contributed by atoms with Gasteiger partial charge in [-0.2, -0.15) is 23.5 Å². The van der Waals surface area contributed by atoms with Gasteiger partial charge in [0.15, 0.2) is 5.84 Å². The zero-order valence-corrected chi connectivity index (χ0v) is 15.0. The summed E-state index contributed by atoms with van der Waals surface area (Å²) < 4.78 is 40.5. The summed E-state index contributed by atoms with van der Waals surface area (Å²) >= 11 is 0. The van der Waals surface area contributed by atoms with Crippen LogP contribution in [0.1, 0.15) is 18.1 Å². The molecule has 1 aromatic carbocycles. The van der Waals surface area contributed by atoms with E-state index in [9.17, 15) is 13.2 Å². The standard InChI is InChI=1S/C17H22F3N7/c1-2-26-5-7-27(8-6-26)11-12-3-4-13(9-14(12)17(18,19)20)24-25-15(10-21)16(22)23/h3-4,9,24H,2,5-8,11H2,1H3,(H3,22,23)/b25-15+. The Morgan fingerprint density at radius 1 is 1.30 bits per heavy atom. The molecular weight excluding hydrogens is 359 g/mol. The van der Waals surface area contributed by atoms with Crippen molar-refractivity contribution in [2.24, 2.45) is 10.8 Å². The van der Waals surface area contributed by atoms with E-state index in [1.54, 1.807) is 6.07 Å². The lowest BCUT2D eigenvalue weighted by molar-refractivity contribution is -0.138. The molecule has 7 nitrogen and oxygen atoms in total. The molecule has 0 bridgehead atoms. The molecule has 0 amide bonds. The number of hydrazone groups is 1. The van der Waals surface area contributed by atoms with Crippen LogP contribution in [0.2, 0.25) is 0 Å². The molecule has 1 fully saturated rings. The van der Waals surface area contributed by atoms with Crippen LogP contribution in [0.15, 0.2) is 23.3 Å². The molecule has 2 rings (SSSR count). The molecule has 0 aromatic heterocycles. The van der Waals surface area contributed by atoms with Crippen molar-refractivity contribution in [1.82, 2.24) is 9.80 Å². The van der Waals surface area contributed by atoms with Crippen LogP contribution in [0.3, 0.4) is 0 Å². The number of rotatable bonds is 6. The zero-order valence-electron chi connectivity index (χ0n) is 15.0. The third kappa shape index (κ3) is 5.67. The van der Waals surface area contributed by atoms with Crippen LogP contribution in [-0.2, 0) is 12.7 Å². The maximum absolute atomic E-state index is 13.5. The Morgan fingerprint density at radius 3 is 2.44 bits per heavy atom. The molecule has 0 spiro atoms. The molecule has 1 aromatic rings. The fourth-order valence-corrected chi connectivity index (χ4v) is 2.82. The van der Waals surface area contributed by atoms with Crippen molar-refractivity contribution in [3.63, 3.8) is 0 Å². The predicted octanol–water partition coefficient (Wildman–Crippen LogP) is 2.07. The summed E-state index contributed by atoms with van der Waals surface area (Å²) in [6, 6.07) is 5.42. The first-order chi connectivity index (χ1) is 12.7. The van der Waals surface area contributed by atoms with Crippen molar-refractivity contribution in [3.05, 3.63) is 29.3 Å². The second-order valence-electron chi connectivity index (χ2n) is 6.18. The molecule has 1 aliphatic rings. The fourth-order valence-electron chi connectivity index (χ4n) is 2.82. The van der Waals surface area contributed by atoms with Gasteiger partial charge in [0.2, 0.25) is 5.71 Å². The third-order valence-electron chi connectivity index (χ3n) is 4.38. The van der Waals surface area contributed by atoms with Crippen LogP contribution >= 0.6 is 0 Å². The Kier molecular flexibility index (Phi) is 6.76. The Balaban J connectivity index is 2.19. The number of alkyl halides is 3. The minimum atomic E-state index is -4.51. The van der Waals surface area contributed by atoms with E-state index in [0.717, 1.165) is 38.8 Å². The number of benzene rings is 1. The van der Waals surface area contributed by atoms with Gasteiger partial charge in [-0.05, 0) is 24.2 Å². The highest BCUT2D eigenvalue weighted by Gasteiger charge is 2.34. The molecule has 1 heterocycles. The molecule has 1 aliphatic heterocycles. The topological polar surface area (TPSA) is 105 Å². The lowest BCUT2D eigenvalue weighted by Crippen LogP contribution is -2.45. The molecule has 0 unspecified atom stereocenters. The van der Waals surface area contributed by atoms with E-state index in [0.29, 0.717) is 0 Å². The van der Waals surface area contributed by atoms with Crippen molar-refractivity contribution in [2.45, 2.75) is 19.6 Å². The van der Waals surface area contributed by atoms with Gasteiger partial charge in [-0.15, -0.1) is 0 Å². The van der Waals surface area contributed by atoms with Gasteiger partial charge in [-0.3, -0.25) is 15.7 Å². The van der Waals surface area contributed by atoms with Gasteiger partial charge < -0.3 is 10.6 Å². The molecule has 0 aliphatic carbocycles. The van der Waals surface area contributed by atoms with Gasteiger partial charge in [-0.25, -0.2) is 0 Å². The maximum Gasteiger partial charge on any atom is 0.416 e. The number of nitriles is 1. The smallest absolute Gasteiger partial charge is 0.382 e. The maximum atomic E-state index is 13.5. The molecule has 0 radical (unpaired) electrons. The van der Waals surface area contributed by atoms with E-state index in [1.807, 2.05) is 4.90 Å². The average molecular weight is 381 g/mol. The summed E-state index contributed by atoms with van der Waals surface area (Å²) in [6.07, 6.45) is -4.51. The molecule has 1 saturated heterocycles. The highest BCUT2D eigenvalue weighted by molar-refractivity contribution is 6.45. The van der Waals surface area contributed by atoms with Gasteiger partial charge in [0.05, 0.1) is 11.3 Å². The molecule has 0 atom stereocenters. The van der Waals surface area contributed by atoms with E-state index < -0.39 is 23.3 Å². The summed E-state index contributed by atoms with van der Waals surface area (Å²) in [5.74, 6) is -0.566. The number of halogens is 3. The van der Waals surface area contributed by atoms with E-state index in [2.05, 4.69) is 22.4 Å². The van der Waals surface area contributed by atoms with Crippen LogP contribution < -0.4 is 11.2 Å². The largest absolute Gasteiger partial charge is 0.416 e. The first kappa shape index (κ1) is 20.7. The van der Waals surface area contributed by atoms with Crippen molar-refractivity contribution in [3.8, 4) is 6.07 Å². The Morgan fingerprint density at radius 2 is 1.93 bits per heavy atom. The monoisotopic (exact) mass is 381 g/mol. The van der Waals surface area contributed by atoms with Crippen LogP contribution in [-0.4, -0.2) is 54.1 Å². The van der Waals surface area contributed by atoms with Crippen LogP contribution in [0.25, 0.3) is 0 Å². The number of piperazine rings is 1. The number of nitrogens with two attached hydrogens (primary N) is 1. The van der Waals surface area contributed by atoms with Gasteiger partial charge >= 0.3 is 6.18 Å². The Labute approximate surface area is 155 Å². The third-order valence-corrected chi connectivity index (χ3v) is 4.38. The van der Waals surface area contributed by atoms with E-state index in [4.69, 9.17) is 16.4 Å². The summed E-state index contributed by atoms with van der Waals surface area (Å²) in [5, 5.41) is 19.5. The summed E-state index contributed by atoms with van der Waals surface area (Å²) in [5.41, 5.74) is 6.62. The number of hydrogen-bond acceptors (Lipinski definition) is 6. The molecule has 0 saturated carbocycles. The lowest BCUT2D eigenvalue weighted by Gasteiger charge is -2.34. The Hall–Kier alpha value is -2.64. The molecular formula is C17H22F3N7. The van der Waals surface area contributed by atoms with Crippen LogP contribution in [0, 0.1) is 16.7 Å². The van der Waals surface area contributed by atoms with Crippen molar-refractivity contribution >= 4 is 17.2 Å². The van der Waals surface area contributed by atoms with Gasteiger partial charge in [0, 0.05) is 32.7 Å².